The van der Waals surface area contributed by atoms with E-state index in [2.05, 4.69) is 4.98 Å². The third-order valence-electron chi connectivity index (χ3n) is 4.18. The molecule has 142 valence electrons. The summed E-state index contributed by atoms with van der Waals surface area (Å²) in [5, 5.41) is 0. The minimum Gasteiger partial charge on any atom is -0.497 e. The van der Waals surface area contributed by atoms with E-state index in [1.54, 1.807) is 37.5 Å². The summed E-state index contributed by atoms with van der Waals surface area (Å²) in [7, 11) is 1.57. The Morgan fingerprint density at radius 2 is 1.86 bits per heavy atom. The number of ether oxygens (including phenoxy) is 3. The van der Waals surface area contributed by atoms with Crippen molar-refractivity contribution in [2.24, 2.45) is 0 Å². The molecule has 0 aliphatic carbocycles. The van der Waals surface area contributed by atoms with Crippen LogP contribution in [0, 0.1) is 0 Å². The number of carbonyl (C=O) groups excluding carboxylic acids is 1. The Hall–Kier alpha value is -3.32. The van der Waals surface area contributed by atoms with Gasteiger partial charge in [-0.25, -0.2) is 0 Å². The molecule has 0 saturated heterocycles. The minimum atomic E-state index is -0.242. The Morgan fingerprint density at radius 3 is 2.61 bits per heavy atom. The Morgan fingerprint density at radius 1 is 1.11 bits per heavy atom. The zero-order valence-electron chi connectivity index (χ0n) is 15.1. The van der Waals surface area contributed by atoms with Gasteiger partial charge in [0.15, 0.2) is 17.3 Å². The molecule has 0 atom stereocenters. The number of nitrogens with one attached hydrogen (secondary N) is 1. The SMILES string of the molecule is COc1ccc(C(=O)C=c2[nH]c(=O)c(=Cc3ccc4c(c3)OCCO4)s2)cc1. The molecule has 2 aromatic carbocycles. The predicted octanol–water partition coefficient (Wildman–Crippen LogP) is 1.71. The highest BCUT2D eigenvalue weighted by Gasteiger charge is 2.11. The molecular formula is C21H17NO5S. The van der Waals surface area contributed by atoms with E-state index in [1.807, 2.05) is 18.2 Å². The van der Waals surface area contributed by atoms with Crippen LogP contribution in [0.1, 0.15) is 15.9 Å². The van der Waals surface area contributed by atoms with E-state index in [-0.39, 0.29) is 11.3 Å². The van der Waals surface area contributed by atoms with E-state index in [9.17, 15) is 9.59 Å². The number of Topliss-reactive ketones (excluding diaryl/α,β-unsaturated/α-hetero) is 1. The molecule has 28 heavy (non-hydrogen) atoms. The maximum absolute atomic E-state index is 12.4. The standard InChI is InChI=1S/C21H17NO5S/c1-25-15-5-3-14(4-6-15)16(23)12-20-22-21(24)19(28-20)11-13-2-7-17-18(10-13)27-9-8-26-17/h2-7,10-12H,8-9H2,1H3,(H,22,24). The molecule has 1 aliphatic rings. The second-order valence-electron chi connectivity index (χ2n) is 6.07. The topological polar surface area (TPSA) is 77.6 Å². The van der Waals surface area contributed by atoms with Gasteiger partial charge in [0.2, 0.25) is 0 Å². The fourth-order valence-corrected chi connectivity index (χ4v) is 3.67. The van der Waals surface area contributed by atoms with Crippen molar-refractivity contribution in [3.8, 4) is 17.2 Å². The summed E-state index contributed by atoms with van der Waals surface area (Å²) in [6, 6.07) is 12.3. The van der Waals surface area contributed by atoms with Crippen LogP contribution in [-0.2, 0) is 0 Å². The second-order valence-corrected chi connectivity index (χ2v) is 7.15. The summed E-state index contributed by atoms with van der Waals surface area (Å²) in [6.45, 7) is 1.03. The number of hydrogen-bond acceptors (Lipinski definition) is 6. The van der Waals surface area contributed by atoms with Gasteiger partial charge < -0.3 is 19.2 Å². The number of aromatic nitrogens is 1. The summed E-state index contributed by atoms with van der Waals surface area (Å²) in [5.41, 5.74) is 1.10. The van der Waals surface area contributed by atoms with Crippen molar-refractivity contribution < 1.29 is 19.0 Å². The molecule has 6 nitrogen and oxygen atoms in total. The zero-order valence-corrected chi connectivity index (χ0v) is 15.9. The number of benzene rings is 2. The van der Waals surface area contributed by atoms with Crippen LogP contribution in [0.15, 0.2) is 47.3 Å². The molecular weight excluding hydrogens is 378 g/mol. The van der Waals surface area contributed by atoms with Crippen LogP contribution in [0.4, 0.5) is 0 Å². The van der Waals surface area contributed by atoms with Gasteiger partial charge in [-0.2, -0.15) is 0 Å². The second kappa shape index (κ2) is 7.74. The lowest BCUT2D eigenvalue weighted by molar-refractivity contribution is 0.106. The first-order chi connectivity index (χ1) is 13.6. The van der Waals surface area contributed by atoms with Gasteiger partial charge in [-0.1, -0.05) is 6.07 Å². The number of aromatic amines is 1. The summed E-state index contributed by atoms with van der Waals surface area (Å²) in [6.07, 6.45) is 3.19. The predicted molar refractivity (Wildman–Crippen MR) is 107 cm³/mol. The van der Waals surface area contributed by atoms with Crippen LogP contribution in [0.3, 0.4) is 0 Å². The molecule has 0 saturated carbocycles. The van der Waals surface area contributed by atoms with Gasteiger partial charge >= 0.3 is 0 Å². The van der Waals surface area contributed by atoms with E-state index in [0.717, 1.165) is 5.56 Å². The highest BCUT2D eigenvalue weighted by atomic mass is 32.1. The highest BCUT2D eigenvalue weighted by molar-refractivity contribution is 7.07. The highest BCUT2D eigenvalue weighted by Crippen LogP contribution is 2.30. The zero-order chi connectivity index (χ0) is 19.5. The van der Waals surface area contributed by atoms with E-state index in [1.165, 1.54) is 17.4 Å². The molecule has 0 bridgehead atoms. The van der Waals surface area contributed by atoms with Crippen molar-refractivity contribution in [3.63, 3.8) is 0 Å². The first kappa shape index (κ1) is 18.1. The van der Waals surface area contributed by atoms with E-state index < -0.39 is 0 Å². The molecule has 1 aliphatic heterocycles. The summed E-state index contributed by atoms with van der Waals surface area (Å²) < 4.78 is 17.2. The van der Waals surface area contributed by atoms with Crippen molar-refractivity contribution in [1.29, 1.82) is 0 Å². The van der Waals surface area contributed by atoms with Gasteiger partial charge in [0, 0.05) is 11.6 Å². The molecule has 0 amide bonds. The fourth-order valence-electron chi connectivity index (χ4n) is 2.78. The summed E-state index contributed by atoms with van der Waals surface area (Å²) in [4.78, 5) is 27.4. The third-order valence-corrected chi connectivity index (χ3v) is 5.14. The van der Waals surface area contributed by atoms with Crippen LogP contribution in [0.25, 0.3) is 12.2 Å². The Bertz CT molecular complexity index is 1190. The molecule has 0 fully saturated rings. The third kappa shape index (κ3) is 3.84. The van der Waals surface area contributed by atoms with Crippen LogP contribution >= 0.6 is 11.3 Å². The van der Waals surface area contributed by atoms with Gasteiger partial charge in [0.1, 0.15) is 19.0 Å². The monoisotopic (exact) mass is 395 g/mol. The van der Waals surface area contributed by atoms with Crippen molar-refractivity contribution >= 4 is 29.3 Å². The first-order valence-electron chi connectivity index (χ1n) is 8.63. The Labute approximate surface area is 164 Å². The van der Waals surface area contributed by atoms with Gasteiger partial charge in [0.05, 0.1) is 16.3 Å². The average molecular weight is 395 g/mol. The van der Waals surface area contributed by atoms with Gasteiger partial charge in [-0.3, -0.25) is 9.59 Å². The first-order valence-corrected chi connectivity index (χ1v) is 9.45. The number of carbonyl (C=O) groups is 1. The molecule has 0 unspecified atom stereocenters. The Balaban J connectivity index is 1.64. The number of hydrogen-bond donors (Lipinski definition) is 1. The lowest BCUT2D eigenvalue weighted by Crippen LogP contribution is -2.20. The van der Waals surface area contributed by atoms with Crippen LogP contribution in [0.2, 0.25) is 0 Å². The lowest BCUT2D eigenvalue weighted by atomic mass is 10.1. The van der Waals surface area contributed by atoms with Crippen LogP contribution < -0.4 is 29.0 Å². The number of thiazole rings is 1. The fraction of sp³-hybridized carbons (Fsp3) is 0.143. The minimum absolute atomic E-state index is 0.189. The smallest absolute Gasteiger partial charge is 0.266 e. The molecule has 4 rings (SSSR count). The molecule has 0 radical (unpaired) electrons. The van der Waals surface area contributed by atoms with Crippen molar-refractivity contribution in [2.75, 3.05) is 20.3 Å². The van der Waals surface area contributed by atoms with Gasteiger partial charge in [-0.05, 0) is 48.0 Å². The number of ketones is 1. The number of rotatable bonds is 4. The van der Waals surface area contributed by atoms with E-state index in [0.29, 0.717) is 45.2 Å². The largest absolute Gasteiger partial charge is 0.497 e. The Kier molecular flexibility index (Phi) is 4.99. The van der Waals surface area contributed by atoms with Crippen molar-refractivity contribution in [1.82, 2.24) is 4.98 Å². The number of methoxy groups -OCH3 is 1. The molecule has 2 heterocycles. The number of fused-ring (bicyclic) bond motifs is 1. The van der Waals surface area contributed by atoms with Gasteiger partial charge in [-0.15, -0.1) is 11.3 Å². The number of H-pyrrole nitrogens is 1. The van der Waals surface area contributed by atoms with Crippen molar-refractivity contribution in [3.05, 3.63) is 73.1 Å². The lowest BCUT2D eigenvalue weighted by Gasteiger charge is -2.18. The molecule has 1 N–H and O–H groups in total. The molecule has 1 aromatic heterocycles. The molecule has 0 spiro atoms. The average Bonchev–Trinajstić information content (AvgIpc) is 3.06. The molecule has 3 aromatic rings. The quantitative estimate of drug-likeness (QED) is 0.681. The maximum Gasteiger partial charge on any atom is 0.266 e. The summed E-state index contributed by atoms with van der Waals surface area (Å²) in [5.74, 6) is 1.85. The van der Waals surface area contributed by atoms with E-state index >= 15 is 0 Å². The maximum atomic E-state index is 12.4. The van der Waals surface area contributed by atoms with Gasteiger partial charge in [0.25, 0.3) is 5.56 Å². The van der Waals surface area contributed by atoms with Crippen molar-refractivity contribution in [2.45, 2.75) is 0 Å². The van der Waals surface area contributed by atoms with Crippen LogP contribution in [0.5, 0.6) is 17.2 Å². The normalized spacial score (nSPS) is 14.2. The molecule has 7 heteroatoms. The summed E-state index contributed by atoms with van der Waals surface area (Å²) >= 11 is 1.23. The van der Waals surface area contributed by atoms with Crippen LogP contribution in [-0.4, -0.2) is 31.1 Å². The van der Waals surface area contributed by atoms with E-state index in [4.69, 9.17) is 14.2 Å².